The molecule has 11 nitrogen and oxygen atoms in total. The molecule has 2 aromatic heterocycles. The standard InChI is InChI=1S/C16H16N8O3/c1-9(6-23-18-7-17-20-23)24-16(26)11-5-14-12(4-13(11)19-21-24)15(25)22(8-27-14)10-2-3-10/h4-5,7,9-10H,2-3,6,8H2,1H3/t9-/m1/s1. The first-order valence-electron chi connectivity index (χ1n) is 8.69. The van der Waals surface area contributed by atoms with Crippen molar-refractivity contribution in [3.63, 3.8) is 0 Å². The molecule has 27 heavy (non-hydrogen) atoms. The van der Waals surface area contributed by atoms with Gasteiger partial charge in [-0.25, -0.2) is 4.68 Å². The van der Waals surface area contributed by atoms with Crippen molar-refractivity contribution in [3.05, 3.63) is 34.4 Å². The molecule has 0 bridgehead atoms. The van der Waals surface area contributed by atoms with E-state index < -0.39 is 0 Å². The van der Waals surface area contributed by atoms with Gasteiger partial charge in [0.2, 0.25) is 0 Å². The number of tetrazole rings is 1. The summed E-state index contributed by atoms with van der Waals surface area (Å²) in [7, 11) is 0. The maximum Gasteiger partial charge on any atom is 0.278 e. The summed E-state index contributed by atoms with van der Waals surface area (Å²) in [5.41, 5.74) is 0.485. The van der Waals surface area contributed by atoms with Gasteiger partial charge < -0.3 is 9.64 Å². The summed E-state index contributed by atoms with van der Waals surface area (Å²) in [5, 5.41) is 19.9. The van der Waals surface area contributed by atoms with E-state index in [9.17, 15) is 9.59 Å². The first kappa shape index (κ1) is 15.9. The first-order chi connectivity index (χ1) is 13.1. The van der Waals surface area contributed by atoms with E-state index in [0.29, 0.717) is 28.8 Å². The average Bonchev–Trinajstić information content (AvgIpc) is 3.38. The van der Waals surface area contributed by atoms with E-state index in [1.54, 1.807) is 17.0 Å². The van der Waals surface area contributed by atoms with Crippen molar-refractivity contribution in [1.82, 2.24) is 40.1 Å². The predicted molar refractivity (Wildman–Crippen MR) is 91.0 cm³/mol. The molecular weight excluding hydrogens is 352 g/mol. The summed E-state index contributed by atoms with van der Waals surface area (Å²) in [6.45, 7) is 2.36. The Morgan fingerprint density at radius 1 is 1.26 bits per heavy atom. The van der Waals surface area contributed by atoms with E-state index in [1.807, 2.05) is 6.92 Å². The molecule has 1 aromatic carbocycles. The lowest BCUT2D eigenvalue weighted by atomic mass is 10.1. The monoisotopic (exact) mass is 368 g/mol. The second kappa shape index (κ2) is 5.83. The summed E-state index contributed by atoms with van der Waals surface area (Å²) in [5.74, 6) is 0.323. The van der Waals surface area contributed by atoms with Crippen molar-refractivity contribution < 1.29 is 9.53 Å². The van der Waals surface area contributed by atoms with Crippen molar-refractivity contribution in [1.29, 1.82) is 0 Å². The number of ether oxygens (including phenoxy) is 1. The Balaban J connectivity index is 1.53. The van der Waals surface area contributed by atoms with Crippen LogP contribution in [0.4, 0.5) is 0 Å². The summed E-state index contributed by atoms with van der Waals surface area (Å²) >= 11 is 0. The second-order valence-corrected chi connectivity index (χ2v) is 6.82. The molecule has 1 atom stereocenters. The molecule has 1 aliphatic heterocycles. The van der Waals surface area contributed by atoms with Gasteiger partial charge in [-0.2, -0.15) is 4.80 Å². The minimum atomic E-state index is -0.326. The molecule has 0 saturated heterocycles. The van der Waals surface area contributed by atoms with Gasteiger partial charge in [-0.15, -0.1) is 15.3 Å². The maximum atomic E-state index is 12.9. The van der Waals surface area contributed by atoms with Crippen molar-refractivity contribution in [2.75, 3.05) is 6.73 Å². The molecule has 0 spiro atoms. The molecule has 11 heteroatoms. The summed E-state index contributed by atoms with van der Waals surface area (Å²) in [4.78, 5) is 28.7. The van der Waals surface area contributed by atoms with Crippen LogP contribution < -0.4 is 10.3 Å². The van der Waals surface area contributed by atoms with Crippen molar-refractivity contribution in [2.45, 2.75) is 38.4 Å². The van der Waals surface area contributed by atoms with Crippen LogP contribution in [0.5, 0.6) is 5.75 Å². The molecule has 0 unspecified atom stereocenters. The van der Waals surface area contributed by atoms with Crippen LogP contribution in [0.15, 0.2) is 23.3 Å². The Hall–Kier alpha value is -3.37. The summed E-state index contributed by atoms with van der Waals surface area (Å²) in [6, 6.07) is 3.10. The smallest absolute Gasteiger partial charge is 0.278 e. The molecule has 0 N–H and O–H groups in total. The highest BCUT2D eigenvalue weighted by Gasteiger charge is 2.37. The summed E-state index contributed by atoms with van der Waals surface area (Å²) in [6.07, 6.45) is 3.33. The third-order valence-corrected chi connectivity index (χ3v) is 4.86. The maximum absolute atomic E-state index is 12.9. The third kappa shape index (κ3) is 2.62. The van der Waals surface area contributed by atoms with Crippen LogP contribution in [-0.4, -0.2) is 58.8 Å². The van der Waals surface area contributed by atoms with Crippen LogP contribution in [0.2, 0.25) is 0 Å². The molecule has 3 aromatic rings. The number of rotatable bonds is 4. The Kier molecular flexibility index (Phi) is 3.42. The van der Waals surface area contributed by atoms with Crippen LogP contribution in [0.25, 0.3) is 10.9 Å². The minimum Gasteiger partial charge on any atom is -0.472 e. The van der Waals surface area contributed by atoms with Crippen LogP contribution in [-0.2, 0) is 6.54 Å². The van der Waals surface area contributed by atoms with Crippen LogP contribution in [0, 0.1) is 0 Å². The SMILES string of the molecule is C[C@H](Cn1ncnn1)n1nnc2cc3c(cc2c1=O)OCN(C1CC1)C3=O. The first-order valence-corrected chi connectivity index (χ1v) is 8.69. The van der Waals surface area contributed by atoms with Gasteiger partial charge in [0.25, 0.3) is 11.5 Å². The predicted octanol–water partition coefficient (Wildman–Crippen LogP) is -0.00630. The fraction of sp³-hybridized carbons (Fsp3) is 0.438. The molecule has 138 valence electrons. The molecule has 5 rings (SSSR count). The fourth-order valence-electron chi connectivity index (χ4n) is 3.25. The normalized spacial score (nSPS) is 17.7. The zero-order valence-electron chi connectivity index (χ0n) is 14.5. The molecule has 2 aliphatic rings. The zero-order chi connectivity index (χ0) is 18.5. The van der Waals surface area contributed by atoms with Crippen LogP contribution in [0.1, 0.15) is 36.2 Å². The molecule has 1 aliphatic carbocycles. The van der Waals surface area contributed by atoms with E-state index >= 15 is 0 Å². The number of aromatic nitrogens is 7. The van der Waals surface area contributed by atoms with Crippen molar-refractivity contribution in [2.24, 2.45) is 0 Å². The van der Waals surface area contributed by atoms with Crippen molar-refractivity contribution >= 4 is 16.8 Å². The Bertz CT molecular complexity index is 1090. The molecular formula is C16H16N8O3. The number of nitrogens with zero attached hydrogens (tertiary/aromatic N) is 8. The highest BCUT2D eigenvalue weighted by atomic mass is 16.5. The molecule has 1 amide bonds. The second-order valence-electron chi connectivity index (χ2n) is 6.82. The van der Waals surface area contributed by atoms with Gasteiger partial charge in [-0.05, 0) is 37.1 Å². The van der Waals surface area contributed by atoms with Gasteiger partial charge in [-0.3, -0.25) is 9.59 Å². The van der Waals surface area contributed by atoms with Gasteiger partial charge in [0.15, 0.2) is 13.1 Å². The topological polar surface area (TPSA) is 121 Å². The number of hydrogen-bond donors (Lipinski definition) is 0. The van der Waals surface area contributed by atoms with Gasteiger partial charge in [0, 0.05) is 6.04 Å². The Morgan fingerprint density at radius 2 is 2.11 bits per heavy atom. The lowest BCUT2D eigenvalue weighted by Gasteiger charge is -2.28. The van der Waals surface area contributed by atoms with Gasteiger partial charge in [0.1, 0.15) is 11.3 Å². The van der Waals surface area contributed by atoms with E-state index in [2.05, 4.69) is 25.7 Å². The largest absolute Gasteiger partial charge is 0.472 e. The zero-order valence-corrected chi connectivity index (χ0v) is 14.5. The quantitative estimate of drug-likeness (QED) is 0.630. The number of carbonyl (C=O) groups is 1. The Morgan fingerprint density at radius 3 is 2.85 bits per heavy atom. The number of amides is 1. The lowest BCUT2D eigenvalue weighted by molar-refractivity contribution is 0.0499. The van der Waals surface area contributed by atoms with E-state index in [-0.39, 0.29) is 30.3 Å². The molecule has 1 saturated carbocycles. The highest BCUT2D eigenvalue weighted by molar-refractivity contribution is 6.01. The van der Waals surface area contributed by atoms with Crippen molar-refractivity contribution in [3.8, 4) is 5.75 Å². The van der Waals surface area contributed by atoms with E-state index in [0.717, 1.165) is 12.8 Å². The number of carbonyl (C=O) groups excluding carboxylic acids is 1. The van der Waals surface area contributed by atoms with Gasteiger partial charge in [-0.1, -0.05) is 5.21 Å². The number of benzene rings is 1. The Labute approximate surface area is 152 Å². The van der Waals surface area contributed by atoms with Gasteiger partial charge >= 0.3 is 0 Å². The highest BCUT2D eigenvalue weighted by Crippen LogP contribution is 2.34. The number of fused-ring (bicyclic) bond motifs is 2. The molecule has 0 radical (unpaired) electrons. The van der Waals surface area contributed by atoms with Crippen LogP contribution >= 0.6 is 0 Å². The average molecular weight is 368 g/mol. The lowest BCUT2D eigenvalue weighted by Crippen LogP contribution is -2.40. The van der Waals surface area contributed by atoms with E-state index in [1.165, 1.54) is 15.8 Å². The molecule has 3 heterocycles. The van der Waals surface area contributed by atoms with Gasteiger partial charge in [0.05, 0.1) is 23.5 Å². The number of hydrogen-bond acceptors (Lipinski definition) is 8. The fourth-order valence-corrected chi connectivity index (χ4v) is 3.25. The third-order valence-electron chi connectivity index (χ3n) is 4.86. The minimum absolute atomic E-state index is 0.0859. The van der Waals surface area contributed by atoms with E-state index in [4.69, 9.17) is 4.74 Å². The summed E-state index contributed by atoms with van der Waals surface area (Å²) < 4.78 is 7.01. The van der Waals surface area contributed by atoms with Crippen LogP contribution in [0.3, 0.4) is 0 Å². The molecule has 1 fully saturated rings.